The summed E-state index contributed by atoms with van der Waals surface area (Å²) < 4.78 is 47.3. The van der Waals surface area contributed by atoms with E-state index in [2.05, 4.69) is 0 Å². The molecule has 0 heterocycles. The van der Waals surface area contributed by atoms with Gasteiger partial charge in [-0.25, -0.2) is 0 Å². The number of rotatable bonds is 0. The molecule has 0 aromatic carbocycles. The first-order chi connectivity index (χ1) is 3.88. The van der Waals surface area contributed by atoms with Gasteiger partial charge in [0, 0.05) is 5.57 Å². The van der Waals surface area contributed by atoms with Gasteiger partial charge in [0.25, 0.3) is 0 Å². The smallest absolute Gasteiger partial charge is 0.195 e. The van der Waals surface area contributed by atoms with Gasteiger partial charge in [0.2, 0.25) is 0 Å². The van der Waals surface area contributed by atoms with Crippen LogP contribution in [-0.2, 0) is 0 Å². The standard InChI is InChI=1S/C5H4F4/c1-3-2-4(6,7)5(3,8)9/h2H,1H3. The molecular weight excluding hydrogens is 136 g/mol. The first kappa shape index (κ1) is 6.58. The Bertz CT molecular complexity index is 168. The SMILES string of the molecule is CC1=CC(F)(F)C1(F)F. The van der Waals surface area contributed by atoms with Crippen LogP contribution in [0.25, 0.3) is 0 Å². The molecule has 1 aliphatic carbocycles. The predicted octanol–water partition coefficient (Wildman–Crippen LogP) is 2.22. The molecule has 0 saturated heterocycles. The van der Waals surface area contributed by atoms with Crippen LogP contribution in [0.2, 0.25) is 0 Å². The van der Waals surface area contributed by atoms with E-state index in [1.807, 2.05) is 0 Å². The lowest BCUT2D eigenvalue weighted by Crippen LogP contribution is -2.48. The van der Waals surface area contributed by atoms with Gasteiger partial charge in [-0.1, -0.05) is 0 Å². The number of hydrogen-bond acceptors (Lipinski definition) is 0. The molecule has 1 aliphatic rings. The van der Waals surface area contributed by atoms with E-state index in [4.69, 9.17) is 0 Å². The summed E-state index contributed by atoms with van der Waals surface area (Å²) in [7, 11) is 0. The highest BCUT2D eigenvalue weighted by atomic mass is 19.3. The molecule has 0 unspecified atom stereocenters. The van der Waals surface area contributed by atoms with Crippen molar-refractivity contribution in [2.45, 2.75) is 18.8 Å². The van der Waals surface area contributed by atoms with E-state index in [1.54, 1.807) is 0 Å². The van der Waals surface area contributed by atoms with Gasteiger partial charge in [-0.3, -0.25) is 0 Å². The Morgan fingerprint density at radius 1 is 1.22 bits per heavy atom. The third-order valence-corrected chi connectivity index (χ3v) is 1.31. The number of halogens is 4. The zero-order valence-corrected chi connectivity index (χ0v) is 4.59. The lowest BCUT2D eigenvalue weighted by molar-refractivity contribution is -0.179. The summed E-state index contributed by atoms with van der Waals surface area (Å²) in [6.45, 7) is 0.984. The van der Waals surface area contributed by atoms with Gasteiger partial charge in [0.1, 0.15) is 0 Å². The molecule has 0 saturated carbocycles. The monoisotopic (exact) mass is 140 g/mol. The number of allylic oxidation sites excluding steroid dienone is 2. The maximum atomic E-state index is 11.9. The fraction of sp³-hybridized carbons (Fsp3) is 0.600. The molecule has 4 heteroatoms. The van der Waals surface area contributed by atoms with Crippen LogP contribution in [0.15, 0.2) is 11.6 Å². The minimum absolute atomic E-state index is 0.271. The number of alkyl halides is 4. The molecule has 0 N–H and O–H groups in total. The van der Waals surface area contributed by atoms with E-state index in [9.17, 15) is 17.6 Å². The molecule has 1 rings (SSSR count). The molecule has 0 radical (unpaired) electrons. The zero-order chi connectivity index (χ0) is 7.28. The summed E-state index contributed by atoms with van der Waals surface area (Å²) in [5, 5.41) is 0. The summed E-state index contributed by atoms with van der Waals surface area (Å²) in [4.78, 5) is 0. The van der Waals surface area contributed by atoms with Gasteiger partial charge in [-0.2, -0.15) is 17.6 Å². The van der Waals surface area contributed by atoms with Gasteiger partial charge < -0.3 is 0 Å². The summed E-state index contributed by atoms with van der Waals surface area (Å²) in [6.07, 6.45) is 0.271. The van der Waals surface area contributed by atoms with E-state index in [1.165, 1.54) is 0 Å². The average molecular weight is 140 g/mol. The second-order valence-electron chi connectivity index (χ2n) is 2.02. The van der Waals surface area contributed by atoms with Crippen LogP contribution in [0.1, 0.15) is 6.92 Å². The maximum absolute atomic E-state index is 11.9. The molecular formula is C5H4F4. The normalized spacial score (nSPS) is 28.8. The van der Waals surface area contributed by atoms with E-state index >= 15 is 0 Å². The third kappa shape index (κ3) is 0.587. The van der Waals surface area contributed by atoms with E-state index in [-0.39, 0.29) is 6.08 Å². The van der Waals surface area contributed by atoms with Crippen molar-refractivity contribution in [1.82, 2.24) is 0 Å². The van der Waals surface area contributed by atoms with Crippen molar-refractivity contribution >= 4 is 0 Å². The van der Waals surface area contributed by atoms with Crippen LogP contribution in [0.3, 0.4) is 0 Å². The second kappa shape index (κ2) is 1.30. The Morgan fingerprint density at radius 2 is 1.67 bits per heavy atom. The summed E-state index contributed by atoms with van der Waals surface area (Å²) in [5.41, 5.74) is -0.549. The van der Waals surface area contributed by atoms with Crippen molar-refractivity contribution in [3.8, 4) is 0 Å². The van der Waals surface area contributed by atoms with Gasteiger partial charge in [-0.15, -0.1) is 0 Å². The molecule has 0 bridgehead atoms. The van der Waals surface area contributed by atoms with Crippen molar-refractivity contribution in [2.24, 2.45) is 0 Å². The van der Waals surface area contributed by atoms with Crippen molar-refractivity contribution < 1.29 is 17.6 Å². The van der Waals surface area contributed by atoms with Gasteiger partial charge in [0.05, 0.1) is 0 Å². The van der Waals surface area contributed by atoms with Crippen LogP contribution in [0, 0.1) is 0 Å². The fourth-order valence-corrected chi connectivity index (χ4v) is 0.638. The molecule has 0 aromatic rings. The molecule has 0 aromatic heterocycles. The van der Waals surface area contributed by atoms with Gasteiger partial charge >= 0.3 is 11.8 Å². The van der Waals surface area contributed by atoms with Crippen LogP contribution >= 0.6 is 0 Å². The quantitative estimate of drug-likeness (QED) is 0.357. The lowest BCUT2D eigenvalue weighted by atomic mass is 9.91. The predicted molar refractivity (Wildman–Crippen MR) is 23.7 cm³/mol. The van der Waals surface area contributed by atoms with Crippen molar-refractivity contribution in [3.63, 3.8) is 0 Å². The second-order valence-corrected chi connectivity index (χ2v) is 2.02. The van der Waals surface area contributed by atoms with Crippen molar-refractivity contribution in [3.05, 3.63) is 11.6 Å². The topological polar surface area (TPSA) is 0 Å². The highest BCUT2D eigenvalue weighted by Crippen LogP contribution is 2.49. The Balaban J connectivity index is 2.94. The van der Waals surface area contributed by atoms with E-state index in [0.29, 0.717) is 0 Å². The van der Waals surface area contributed by atoms with E-state index < -0.39 is 17.4 Å². The molecule has 0 aliphatic heterocycles. The number of hydrogen-bond donors (Lipinski definition) is 0. The maximum Gasteiger partial charge on any atom is 0.335 e. The molecule has 52 valence electrons. The minimum atomic E-state index is -3.91. The van der Waals surface area contributed by atoms with Gasteiger partial charge in [0.15, 0.2) is 0 Å². The lowest BCUT2D eigenvalue weighted by Gasteiger charge is -2.33. The Kier molecular flexibility index (Phi) is 0.952. The largest absolute Gasteiger partial charge is 0.335 e. The molecule has 0 atom stereocenters. The van der Waals surface area contributed by atoms with Crippen molar-refractivity contribution in [2.75, 3.05) is 0 Å². The Morgan fingerprint density at radius 3 is 1.67 bits per heavy atom. The molecule has 9 heavy (non-hydrogen) atoms. The average Bonchev–Trinajstić information content (AvgIpc) is 1.65. The van der Waals surface area contributed by atoms with Crippen LogP contribution < -0.4 is 0 Å². The first-order valence-corrected chi connectivity index (χ1v) is 2.33. The van der Waals surface area contributed by atoms with Crippen LogP contribution in [-0.4, -0.2) is 11.8 Å². The molecule has 0 fully saturated rings. The highest BCUT2D eigenvalue weighted by Gasteiger charge is 2.63. The van der Waals surface area contributed by atoms with Gasteiger partial charge in [-0.05, 0) is 13.0 Å². The Hall–Kier alpha value is -0.540. The minimum Gasteiger partial charge on any atom is -0.195 e. The zero-order valence-electron chi connectivity index (χ0n) is 4.59. The summed E-state index contributed by atoms with van der Waals surface area (Å²) >= 11 is 0. The third-order valence-electron chi connectivity index (χ3n) is 1.31. The summed E-state index contributed by atoms with van der Waals surface area (Å²) in [6, 6.07) is 0. The fourth-order valence-electron chi connectivity index (χ4n) is 0.638. The van der Waals surface area contributed by atoms with Crippen LogP contribution in [0.4, 0.5) is 17.6 Å². The molecule has 0 spiro atoms. The highest BCUT2D eigenvalue weighted by molar-refractivity contribution is 5.32. The van der Waals surface area contributed by atoms with Crippen molar-refractivity contribution in [1.29, 1.82) is 0 Å². The molecule has 0 nitrogen and oxygen atoms in total. The molecule has 0 amide bonds. The first-order valence-electron chi connectivity index (χ1n) is 2.33. The van der Waals surface area contributed by atoms with Crippen LogP contribution in [0.5, 0.6) is 0 Å². The Labute approximate surface area is 49.2 Å². The summed E-state index contributed by atoms with van der Waals surface area (Å²) in [5.74, 6) is -7.80. The van der Waals surface area contributed by atoms with E-state index in [0.717, 1.165) is 6.92 Å².